The van der Waals surface area contributed by atoms with Gasteiger partial charge in [0.1, 0.15) is 11.9 Å². The molecule has 1 aromatic heterocycles. The minimum Gasteiger partial charge on any atom is -0.487 e. The van der Waals surface area contributed by atoms with E-state index in [1.807, 2.05) is 53.3 Å². The molecule has 7 nitrogen and oxygen atoms in total. The predicted octanol–water partition coefficient (Wildman–Crippen LogP) is 3.74. The SMILES string of the molecule is CS(=O)(=O)c1ccc(-c2cccc3c2O[C@@H](CNC(=O)c2cccc(Cn4cccn4)c2)C3)cc1. The summed E-state index contributed by atoms with van der Waals surface area (Å²) in [4.78, 5) is 13.1. The Kier molecular flexibility index (Phi) is 6.13. The zero-order valence-corrected chi connectivity index (χ0v) is 20.0. The lowest BCUT2D eigenvalue weighted by Crippen LogP contribution is -2.34. The van der Waals surface area contributed by atoms with Gasteiger partial charge in [-0.2, -0.15) is 5.10 Å². The van der Waals surface area contributed by atoms with Crippen LogP contribution in [0.25, 0.3) is 11.1 Å². The third-order valence-corrected chi connectivity index (χ3v) is 7.13. The fourth-order valence-corrected chi connectivity index (χ4v) is 4.89. The summed E-state index contributed by atoms with van der Waals surface area (Å²) in [5.41, 5.74) is 4.44. The molecule has 0 unspecified atom stereocenters. The molecule has 0 aliphatic carbocycles. The number of sulfone groups is 1. The van der Waals surface area contributed by atoms with E-state index in [1.165, 1.54) is 6.26 Å². The Morgan fingerprint density at radius 3 is 2.63 bits per heavy atom. The molecule has 1 N–H and O–H groups in total. The molecule has 1 atom stereocenters. The first kappa shape index (κ1) is 22.9. The molecule has 4 aromatic rings. The summed E-state index contributed by atoms with van der Waals surface area (Å²) in [6.07, 6.45) is 5.31. The molecule has 0 bridgehead atoms. The average Bonchev–Trinajstić information content (AvgIpc) is 3.51. The van der Waals surface area contributed by atoms with Crippen molar-refractivity contribution in [2.45, 2.75) is 24.0 Å². The monoisotopic (exact) mass is 487 g/mol. The van der Waals surface area contributed by atoms with E-state index in [0.29, 0.717) is 25.1 Å². The van der Waals surface area contributed by atoms with Gasteiger partial charge in [0.25, 0.3) is 5.91 Å². The first-order chi connectivity index (χ1) is 16.9. The summed E-state index contributed by atoms with van der Waals surface area (Å²) in [6.45, 7) is 0.979. The van der Waals surface area contributed by atoms with E-state index in [2.05, 4.69) is 10.4 Å². The zero-order chi connectivity index (χ0) is 24.4. The highest BCUT2D eigenvalue weighted by atomic mass is 32.2. The van der Waals surface area contributed by atoms with Gasteiger partial charge in [-0.1, -0.05) is 42.5 Å². The number of carbonyl (C=O) groups is 1. The standard InChI is InChI=1S/C27H25N3O4S/c1-35(32,33)24-11-9-20(10-12-24)25-8-3-6-21-16-23(34-26(21)25)17-28-27(31)22-7-2-5-19(15-22)18-30-14-4-13-29-30/h2-15,23H,16-18H2,1H3,(H,28,31)/t23-/m1/s1. The third-order valence-electron chi connectivity index (χ3n) is 6.01. The molecule has 0 saturated carbocycles. The van der Waals surface area contributed by atoms with E-state index in [9.17, 15) is 13.2 Å². The van der Waals surface area contributed by atoms with Crippen LogP contribution < -0.4 is 10.1 Å². The van der Waals surface area contributed by atoms with Gasteiger partial charge >= 0.3 is 0 Å². The largest absolute Gasteiger partial charge is 0.487 e. The van der Waals surface area contributed by atoms with E-state index in [0.717, 1.165) is 28.0 Å². The molecular weight excluding hydrogens is 462 g/mol. The Hall–Kier alpha value is -3.91. The quantitative estimate of drug-likeness (QED) is 0.429. The van der Waals surface area contributed by atoms with Crippen molar-refractivity contribution in [2.24, 2.45) is 0 Å². The molecule has 1 aliphatic heterocycles. The van der Waals surface area contributed by atoms with Crippen LogP contribution in [0.3, 0.4) is 0 Å². The molecule has 3 aromatic carbocycles. The maximum absolute atomic E-state index is 12.8. The summed E-state index contributed by atoms with van der Waals surface area (Å²) >= 11 is 0. The molecule has 35 heavy (non-hydrogen) atoms. The van der Waals surface area contributed by atoms with Crippen molar-refractivity contribution in [1.82, 2.24) is 15.1 Å². The highest BCUT2D eigenvalue weighted by Gasteiger charge is 2.26. The second-order valence-electron chi connectivity index (χ2n) is 8.65. The molecule has 5 rings (SSSR count). The molecule has 0 saturated heterocycles. The Bertz CT molecular complexity index is 1460. The lowest BCUT2D eigenvalue weighted by molar-refractivity contribution is 0.0933. The normalized spacial score (nSPS) is 14.8. The molecule has 178 valence electrons. The molecule has 1 aliphatic rings. The van der Waals surface area contributed by atoms with Crippen molar-refractivity contribution in [3.05, 3.63) is 102 Å². The third kappa shape index (κ3) is 5.12. The van der Waals surface area contributed by atoms with Gasteiger partial charge in [-0.25, -0.2) is 8.42 Å². The highest BCUT2D eigenvalue weighted by molar-refractivity contribution is 7.90. The lowest BCUT2D eigenvalue weighted by atomic mass is 10.0. The van der Waals surface area contributed by atoms with E-state index >= 15 is 0 Å². The van der Waals surface area contributed by atoms with E-state index < -0.39 is 9.84 Å². The number of rotatable bonds is 7. The molecule has 2 heterocycles. The van der Waals surface area contributed by atoms with Crippen LogP contribution in [-0.4, -0.2) is 43.0 Å². The summed E-state index contributed by atoms with van der Waals surface area (Å²) in [6, 6.07) is 22.1. The van der Waals surface area contributed by atoms with Gasteiger partial charge in [0.05, 0.1) is 18.0 Å². The number of ether oxygens (including phenoxy) is 1. The number of carbonyl (C=O) groups excluding carboxylic acids is 1. The smallest absolute Gasteiger partial charge is 0.251 e. The molecular formula is C27H25N3O4S. The van der Waals surface area contributed by atoms with Crippen LogP contribution in [0.15, 0.2) is 90.1 Å². The first-order valence-electron chi connectivity index (χ1n) is 11.3. The number of hydrogen-bond donors (Lipinski definition) is 1. The van der Waals surface area contributed by atoms with Crippen molar-refractivity contribution >= 4 is 15.7 Å². The van der Waals surface area contributed by atoms with Gasteiger partial charge in [0, 0.05) is 36.2 Å². The van der Waals surface area contributed by atoms with Crippen LogP contribution in [0.2, 0.25) is 0 Å². The van der Waals surface area contributed by atoms with Gasteiger partial charge in [0.15, 0.2) is 9.84 Å². The average molecular weight is 488 g/mol. The summed E-state index contributed by atoms with van der Waals surface area (Å²) in [7, 11) is -3.25. The van der Waals surface area contributed by atoms with Crippen LogP contribution in [0.1, 0.15) is 21.5 Å². The van der Waals surface area contributed by atoms with Crippen molar-refractivity contribution in [1.29, 1.82) is 0 Å². The van der Waals surface area contributed by atoms with Crippen LogP contribution in [-0.2, 0) is 22.8 Å². The maximum atomic E-state index is 12.8. The second-order valence-corrected chi connectivity index (χ2v) is 10.7. The van der Waals surface area contributed by atoms with E-state index in [4.69, 9.17) is 4.74 Å². The number of benzene rings is 3. The van der Waals surface area contributed by atoms with Gasteiger partial charge in [0.2, 0.25) is 0 Å². The van der Waals surface area contributed by atoms with Gasteiger partial charge in [-0.3, -0.25) is 9.48 Å². The van der Waals surface area contributed by atoms with E-state index in [-0.39, 0.29) is 16.9 Å². The van der Waals surface area contributed by atoms with Crippen molar-refractivity contribution in [3.8, 4) is 16.9 Å². The Morgan fingerprint density at radius 1 is 1.09 bits per heavy atom. The lowest BCUT2D eigenvalue weighted by Gasteiger charge is -2.14. The summed E-state index contributed by atoms with van der Waals surface area (Å²) < 4.78 is 31.6. The maximum Gasteiger partial charge on any atom is 0.251 e. The fourth-order valence-electron chi connectivity index (χ4n) is 4.26. The van der Waals surface area contributed by atoms with Gasteiger partial charge in [-0.05, 0) is 47.0 Å². The van der Waals surface area contributed by atoms with E-state index in [1.54, 1.807) is 36.5 Å². The van der Waals surface area contributed by atoms with Crippen LogP contribution in [0, 0.1) is 0 Å². The molecule has 0 spiro atoms. The topological polar surface area (TPSA) is 90.3 Å². The molecule has 8 heteroatoms. The van der Waals surface area contributed by atoms with Gasteiger partial charge in [-0.15, -0.1) is 0 Å². The minimum atomic E-state index is -3.25. The predicted molar refractivity (Wildman–Crippen MR) is 133 cm³/mol. The Labute approximate surface area is 204 Å². The minimum absolute atomic E-state index is 0.150. The Balaban J connectivity index is 1.24. The van der Waals surface area contributed by atoms with Crippen LogP contribution >= 0.6 is 0 Å². The number of aromatic nitrogens is 2. The Morgan fingerprint density at radius 2 is 1.89 bits per heavy atom. The summed E-state index contributed by atoms with van der Waals surface area (Å²) in [5, 5.41) is 7.20. The molecule has 1 amide bonds. The van der Waals surface area contributed by atoms with Crippen LogP contribution in [0.5, 0.6) is 5.75 Å². The second kappa shape index (κ2) is 9.38. The zero-order valence-electron chi connectivity index (χ0n) is 19.2. The molecule has 0 fully saturated rings. The number of nitrogens with zero attached hydrogens (tertiary/aromatic N) is 2. The first-order valence-corrected chi connectivity index (χ1v) is 13.2. The number of amides is 1. The number of fused-ring (bicyclic) bond motifs is 1. The van der Waals surface area contributed by atoms with Crippen molar-refractivity contribution in [3.63, 3.8) is 0 Å². The van der Waals surface area contributed by atoms with Crippen molar-refractivity contribution < 1.29 is 17.9 Å². The van der Waals surface area contributed by atoms with Crippen molar-refractivity contribution in [2.75, 3.05) is 12.8 Å². The number of para-hydroxylation sites is 1. The molecule has 0 radical (unpaired) electrons. The van der Waals surface area contributed by atoms with Crippen LogP contribution in [0.4, 0.5) is 0 Å². The highest BCUT2D eigenvalue weighted by Crippen LogP contribution is 2.38. The summed E-state index contributed by atoms with van der Waals surface area (Å²) in [5.74, 6) is 0.628. The number of nitrogens with one attached hydrogen (secondary N) is 1. The fraction of sp³-hybridized carbons (Fsp3) is 0.185. The van der Waals surface area contributed by atoms with Gasteiger partial charge < -0.3 is 10.1 Å². The number of hydrogen-bond acceptors (Lipinski definition) is 5.